The molecule has 5 heteroatoms. The monoisotopic (exact) mass is 279 g/mol. The van der Waals surface area contributed by atoms with E-state index >= 15 is 0 Å². The summed E-state index contributed by atoms with van der Waals surface area (Å²) in [6, 6.07) is 5.29. The van der Waals surface area contributed by atoms with Crippen LogP contribution in [0, 0.1) is 0 Å². The number of phenols is 1. The van der Waals surface area contributed by atoms with E-state index in [1.807, 2.05) is 18.6 Å². The van der Waals surface area contributed by atoms with Gasteiger partial charge < -0.3 is 15.0 Å². The number of nitrogens with zero attached hydrogens (tertiary/aromatic N) is 2. The van der Waals surface area contributed by atoms with Crippen molar-refractivity contribution in [1.82, 2.24) is 14.9 Å². The van der Waals surface area contributed by atoms with Crippen molar-refractivity contribution in [3.05, 3.63) is 47.5 Å². The Morgan fingerprint density at radius 3 is 2.95 bits per heavy atom. The van der Waals surface area contributed by atoms with E-state index in [1.54, 1.807) is 18.3 Å². The molecule has 2 rings (SSSR count). The first kappa shape index (κ1) is 13.9. The van der Waals surface area contributed by atoms with Crippen LogP contribution in [0.15, 0.2) is 36.9 Å². The summed E-state index contributed by atoms with van der Waals surface area (Å²) in [6.07, 6.45) is 7.86. The maximum Gasteiger partial charge on any atom is 0.134 e. The molecule has 0 atom stereocenters. The first-order valence-electron chi connectivity index (χ1n) is 6.39. The molecule has 0 saturated heterocycles. The van der Waals surface area contributed by atoms with Gasteiger partial charge in [-0.25, -0.2) is 4.98 Å². The number of rotatable bonds is 7. The van der Waals surface area contributed by atoms with E-state index in [0.717, 1.165) is 38.0 Å². The lowest BCUT2D eigenvalue weighted by Gasteiger charge is -2.06. The van der Waals surface area contributed by atoms with Crippen molar-refractivity contribution in [2.45, 2.75) is 25.9 Å². The van der Waals surface area contributed by atoms with Gasteiger partial charge in [-0.1, -0.05) is 17.7 Å². The summed E-state index contributed by atoms with van der Waals surface area (Å²) in [5.41, 5.74) is 1.08. The molecular formula is C14H18ClN3O. The summed E-state index contributed by atoms with van der Waals surface area (Å²) in [5.74, 6) is 0.130. The average Bonchev–Trinajstić information content (AvgIpc) is 2.91. The molecule has 0 aliphatic rings. The molecule has 1 aromatic carbocycles. The van der Waals surface area contributed by atoms with Crippen LogP contribution in [-0.4, -0.2) is 21.2 Å². The normalized spacial score (nSPS) is 10.8. The number of aromatic hydroxyl groups is 1. The summed E-state index contributed by atoms with van der Waals surface area (Å²) in [5, 5.41) is 13.1. The van der Waals surface area contributed by atoms with E-state index in [9.17, 15) is 5.11 Å². The molecule has 102 valence electrons. The third kappa shape index (κ3) is 4.58. The minimum Gasteiger partial charge on any atom is -0.506 e. The fraction of sp³-hybridized carbons (Fsp3) is 0.357. The number of phenolic OH excluding ortho intramolecular Hbond substituents is 1. The van der Waals surface area contributed by atoms with Gasteiger partial charge in [-0.3, -0.25) is 0 Å². The number of imidazole rings is 1. The predicted octanol–water partition coefficient (Wildman–Crippen LogP) is 2.81. The minimum absolute atomic E-state index is 0.130. The molecular weight excluding hydrogens is 262 g/mol. The molecule has 1 aromatic heterocycles. The van der Waals surface area contributed by atoms with Crippen molar-refractivity contribution in [2.75, 3.05) is 6.54 Å². The first-order chi connectivity index (χ1) is 9.25. The molecule has 4 nitrogen and oxygen atoms in total. The van der Waals surface area contributed by atoms with Crippen LogP contribution in [0.5, 0.6) is 5.75 Å². The Morgan fingerprint density at radius 1 is 1.32 bits per heavy atom. The quantitative estimate of drug-likeness (QED) is 0.766. The summed E-state index contributed by atoms with van der Waals surface area (Å²) in [6.45, 7) is 2.74. The third-order valence-corrected chi connectivity index (χ3v) is 3.22. The lowest BCUT2D eigenvalue weighted by Crippen LogP contribution is -2.15. The van der Waals surface area contributed by atoms with E-state index in [1.165, 1.54) is 0 Å². The number of unbranched alkanes of at least 4 members (excludes halogenated alkanes) is 1. The van der Waals surface area contributed by atoms with Crippen molar-refractivity contribution in [2.24, 2.45) is 0 Å². The highest BCUT2D eigenvalue weighted by atomic mass is 35.5. The Bertz CT molecular complexity index is 499. The Kier molecular flexibility index (Phi) is 5.24. The van der Waals surface area contributed by atoms with Crippen LogP contribution in [0.1, 0.15) is 18.4 Å². The van der Waals surface area contributed by atoms with E-state index in [4.69, 9.17) is 11.6 Å². The smallest absolute Gasteiger partial charge is 0.134 e. The van der Waals surface area contributed by atoms with Crippen LogP contribution >= 0.6 is 11.6 Å². The number of aromatic nitrogens is 2. The summed E-state index contributed by atoms with van der Waals surface area (Å²) in [7, 11) is 0. The maximum atomic E-state index is 9.32. The van der Waals surface area contributed by atoms with Gasteiger partial charge in [-0.2, -0.15) is 0 Å². The van der Waals surface area contributed by atoms with Crippen molar-refractivity contribution in [3.63, 3.8) is 0 Å². The number of nitrogens with one attached hydrogen (secondary N) is 1. The topological polar surface area (TPSA) is 50.1 Å². The molecule has 0 saturated carbocycles. The lowest BCUT2D eigenvalue weighted by atomic mass is 10.2. The van der Waals surface area contributed by atoms with Gasteiger partial charge in [0.25, 0.3) is 0 Å². The van der Waals surface area contributed by atoms with Gasteiger partial charge in [-0.05, 0) is 37.1 Å². The zero-order valence-electron chi connectivity index (χ0n) is 10.7. The van der Waals surface area contributed by atoms with Crippen LogP contribution in [0.2, 0.25) is 5.02 Å². The molecule has 0 spiro atoms. The fourth-order valence-corrected chi connectivity index (χ4v) is 2.06. The SMILES string of the molecule is Oc1ccc(CNCCCCn2ccnc2)cc1Cl. The van der Waals surface area contributed by atoms with Gasteiger partial charge in [0.05, 0.1) is 11.3 Å². The molecule has 0 fully saturated rings. The van der Waals surface area contributed by atoms with Crippen LogP contribution in [0.25, 0.3) is 0 Å². The number of hydrogen-bond donors (Lipinski definition) is 2. The summed E-state index contributed by atoms with van der Waals surface area (Å²) >= 11 is 5.85. The van der Waals surface area contributed by atoms with Gasteiger partial charge in [-0.15, -0.1) is 0 Å². The van der Waals surface area contributed by atoms with Crippen LogP contribution in [0.3, 0.4) is 0 Å². The van der Waals surface area contributed by atoms with Crippen molar-refractivity contribution < 1.29 is 5.11 Å². The summed E-state index contributed by atoms with van der Waals surface area (Å²) < 4.78 is 2.08. The van der Waals surface area contributed by atoms with Gasteiger partial charge in [0, 0.05) is 25.5 Å². The van der Waals surface area contributed by atoms with Gasteiger partial charge in [0.1, 0.15) is 5.75 Å². The Morgan fingerprint density at radius 2 is 2.21 bits per heavy atom. The lowest BCUT2D eigenvalue weighted by molar-refractivity contribution is 0.475. The number of hydrogen-bond acceptors (Lipinski definition) is 3. The van der Waals surface area contributed by atoms with E-state index in [-0.39, 0.29) is 5.75 Å². The average molecular weight is 280 g/mol. The zero-order chi connectivity index (χ0) is 13.5. The number of halogens is 1. The number of aryl methyl sites for hydroxylation is 1. The van der Waals surface area contributed by atoms with E-state index in [0.29, 0.717) is 5.02 Å². The standard InChI is InChI=1S/C14H18ClN3O/c15-13-9-12(3-4-14(13)19)10-16-5-1-2-7-18-8-6-17-11-18/h3-4,6,8-9,11,16,19H,1-2,5,7,10H2. The molecule has 0 radical (unpaired) electrons. The molecule has 0 amide bonds. The molecule has 2 N–H and O–H groups in total. The van der Waals surface area contributed by atoms with Crippen LogP contribution < -0.4 is 5.32 Å². The first-order valence-corrected chi connectivity index (χ1v) is 6.77. The number of benzene rings is 1. The third-order valence-electron chi connectivity index (χ3n) is 2.92. The second kappa shape index (κ2) is 7.16. The minimum atomic E-state index is 0.130. The Balaban J connectivity index is 1.60. The highest BCUT2D eigenvalue weighted by molar-refractivity contribution is 6.32. The Hall–Kier alpha value is -1.52. The van der Waals surface area contributed by atoms with Crippen molar-refractivity contribution in [1.29, 1.82) is 0 Å². The molecule has 19 heavy (non-hydrogen) atoms. The molecule has 2 aromatic rings. The summed E-state index contributed by atoms with van der Waals surface area (Å²) in [4.78, 5) is 4.01. The van der Waals surface area contributed by atoms with E-state index < -0.39 is 0 Å². The van der Waals surface area contributed by atoms with Crippen molar-refractivity contribution in [3.8, 4) is 5.75 Å². The van der Waals surface area contributed by atoms with Gasteiger partial charge in [0.15, 0.2) is 0 Å². The van der Waals surface area contributed by atoms with Gasteiger partial charge in [0.2, 0.25) is 0 Å². The molecule has 0 aliphatic heterocycles. The maximum absolute atomic E-state index is 9.32. The fourth-order valence-electron chi connectivity index (χ4n) is 1.86. The second-order valence-electron chi connectivity index (χ2n) is 4.47. The molecule has 0 aliphatic carbocycles. The van der Waals surface area contributed by atoms with E-state index in [2.05, 4.69) is 14.9 Å². The highest BCUT2D eigenvalue weighted by Gasteiger charge is 1.99. The highest BCUT2D eigenvalue weighted by Crippen LogP contribution is 2.23. The largest absolute Gasteiger partial charge is 0.506 e. The molecule has 0 bridgehead atoms. The zero-order valence-corrected chi connectivity index (χ0v) is 11.5. The van der Waals surface area contributed by atoms with Crippen LogP contribution in [0.4, 0.5) is 0 Å². The Labute approximate surface area is 118 Å². The second-order valence-corrected chi connectivity index (χ2v) is 4.88. The predicted molar refractivity (Wildman–Crippen MR) is 76.3 cm³/mol. The van der Waals surface area contributed by atoms with Crippen molar-refractivity contribution >= 4 is 11.6 Å². The van der Waals surface area contributed by atoms with Crippen LogP contribution in [-0.2, 0) is 13.1 Å². The molecule has 0 unspecified atom stereocenters. The van der Waals surface area contributed by atoms with Gasteiger partial charge >= 0.3 is 0 Å². The molecule has 1 heterocycles.